The summed E-state index contributed by atoms with van der Waals surface area (Å²) in [5.74, 6) is 0.903. The van der Waals surface area contributed by atoms with Gasteiger partial charge in [0.1, 0.15) is 11.5 Å². The topological polar surface area (TPSA) is 101 Å². The largest absolute Gasteiger partial charge is 0.459 e. The smallest absolute Gasteiger partial charge is 0.275 e. The summed E-state index contributed by atoms with van der Waals surface area (Å²) < 4.78 is 5.56. The van der Waals surface area contributed by atoms with Gasteiger partial charge in [0, 0.05) is 17.6 Å². The summed E-state index contributed by atoms with van der Waals surface area (Å²) in [6.07, 6.45) is 1.76. The normalized spacial score (nSPS) is 16.8. The number of hydrogen-bond acceptors (Lipinski definition) is 6. The van der Waals surface area contributed by atoms with Crippen LogP contribution >= 0.6 is 11.3 Å². The molecule has 0 aliphatic carbocycles. The average Bonchev–Trinajstić information content (AvgIpc) is 3.42. The van der Waals surface area contributed by atoms with E-state index in [1.54, 1.807) is 5.38 Å². The summed E-state index contributed by atoms with van der Waals surface area (Å²) in [4.78, 5) is 30.6. The first-order chi connectivity index (χ1) is 14.0. The molecule has 0 bridgehead atoms. The first-order valence-electron chi connectivity index (χ1n) is 9.45. The van der Waals surface area contributed by atoms with E-state index >= 15 is 0 Å². The number of hydrogen-bond donors (Lipinski definition) is 2. The first-order valence-corrected chi connectivity index (χ1v) is 10.3. The third kappa shape index (κ3) is 4.38. The number of nitrogens with two attached hydrogens (primary N) is 1. The van der Waals surface area contributed by atoms with Gasteiger partial charge in [0.2, 0.25) is 5.91 Å². The Morgan fingerprint density at radius 1 is 1.34 bits per heavy atom. The van der Waals surface area contributed by atoms with Crippen LogP contribution in [-0.2, 0) is 11.3 Å². The van der Waals surface area contributed by atoms with E-state index < -0.39 is 0 Å². The third-order valence-electron chi connectivity index (χ3n) is 4.95. The van der Waals surface area contributed by atoms with Gasteiger partial charge >= 0.3 is 0 Å². The Balaban J connectivity index is 1.43. The van der Waals surface area contributed by atoms with Crippen molar-refractivity contribution in [1.29, 1.82) is 0 Å². The van der Waals surface area contributed by atoms with Crippen molar-refractivity contribution >= 4 is 28.8 Å². The lowest BCUT2D eigenvalue weighted by Gasteiger charge is -2.22. The highest BCUT2D eigenvalue weighted by molar-refractivity contribution is 7.13. The molecule has 4 rings (SSSR count). The Hall–Kier alpha value is -2.97. The fraction of sp³-hybridized carbons (Fsp3) is 0.286. The summed E-state index contributed by atoms with van der Waals surface area (Å²) in [7, 11) is 0. The number of rotatable bonds is 6. The molecule has 3 heterocycles. The second-order valence-corrected chi connectivity index (χ2v) is 7.99. The molecule has 3 N–H and O–H groups in total. The van der Waals surface area contributed by atoms with Crippen LogP contribution in [0.25, 0.3) is 10.8 Å². The number of aromatic nitrogens is 1. The molecule has 1 aliphatic rings. The van der Waals surface area contributed by atoms with Crippen molar-refractivity contribution < 1.29 is 14.0 Å². The molecule has 29 heavy (non-hydrogen) atoms. The van der Waals surface area contributed by atoms with Gasteiger partial charge in [0.05, 0.1) is 6.04 Å². The second kappa shape index (κ2) is 8.18. The minimum absolute atomic E-state index is 0.216. The van der Waals surface area contributed by atoms with Gasteiger partial charge in [0.15, 0.2) is 10.8 Å². The third-order valence-corrected chi connectivity index (χ3v) is 5.81. The Bertz CT molecular complexity index is 1040. The average molecular weight is 410 g/mol. The van der Waals surface area contributed by atoms with Crippen LogP contribution in [0.5, 0.6) is 0 Å². The number of furan rings is 1. The molecule has 1 aliphatic heterocycles. The zero-order valence-corrected chi connectivity index (χ0v) is 16.9. The fourth-order valence-corrected chi connectivity index (χ4v) is 4.32. The van der Waals surface area contributed by atoms with Gasteiger partial charge < -0.3 is 15.5 Å². The predicted octanol–water partition coefficient (Wildman–Crippen LogP) is 3.41. The Morgan fingerprint density at radius 2 is 2.21 bits per heavy atom. The Morgan fingerprint density at radius 3 is 2.97 bits per heavy atom. The lowest BCUT2D eigenvalue weighted by molar-refractivity contribution is -0.122. The van der Waals surface area contributed by atoms with Crippen molar-refractivity contribution in [2.24, 2.45) is 5.73 Å². The monoisotopic (exact) mass is 410 g/mol. The van der Waals surface area contributed by atoms with Gasteiger partial charge in [-0.25, -0.2) is 4.98 Å². The van der Waals surface area contributed by atoms with Crippen molar-refractivity contribution in [2.45, 2.75) is 32.4 Å². The van der Waals surface area contributed by atoms with E-state index in [4.69, 9.17) is 10.2 Å². The van der Waals surface area contributed by atoms with Gasteiger partial charge in [-0.3, -0.25) is 14.5 Å². The maximum Gasteiger partial charge on any atom is 0.275 e. The summed E-state index contributed by atoms with van der Waals surface area (Å²) in [5, 5.41) is 5.28. The van der Waals surface area contributed by atoms with Gasteiger partial charge in [-0.1, -0.05) is 12.1 Å². The lowest BCUT2D eigenvalue weighted by Crippen LogP contribution is -2.39. The molecule has 150 valence electrons. The molecule has 1 unspecified atom stereocenters. The minimum atomic E-state index is -0.280. The highest BCUT2D eigenvalue weighted by Crippen LogP contribution is 2.26. The number of carbonyl (C=O) groups is 2. The van der Waals surface area contributed by atoms with Crippen molar-refractivity contribution in [2.75, 3.05) is 11.9 Å². The molecule has 0 spiro atoms. The van der Waals surface area contributed by atoms with Crippen molar-refractivity contribution in [3.05, 3.63) is 58.8 Å². The van der Waals surface area contributed by atoms with Crippen molar-refractivity contribution in [1.82, 2.24) is 9.88 Å². The zero-order valence-electron chi connectivity index (χ0n) is 16.1. The Labute approximate surface area is 172 Å². The number of primary amides is 1. The first kappa shape index (κ1) is 19.4. The fourth-order valence-electron chi connectivity index (χ4n) is 3.56. The van der Waals surface area contributed by atoms with Crippen molar-refractivity contribution in [3.63, 3.8) is 0 Å². The molecular weight excluding hydrogens is 388 g/mol. The van der Waals surface area contributed by atoms with E-state index in [2.05, 4.69) is 15.2 Å². The quantitative estimate of drug-likeness (QED) is 0.648. The number of carbonyl (C=O) groups excluding carboxylic acids is 2. The number of likely N-dealkylation sites (tertiary alicyclic amines) is 1. The molecule has 1 aromatic carbocycles. The Kier molecular flexibility index (Phi) is 5.46. The van der Waals surface area contributed by atoms with Crippen molar-refractivity contribution in [3.8, 4) is 10.8 Å². The van der Waals surface area contributed by atoms with Gasteiger partial charge in [-0.2, -0.15) is 0 Å². The predicted molar refractivity (Wildman–Crippen MR) is 112 cm³/mol. The molecule has 2 amide bonds. The maximum atomic E-state index is 12.6. The molecule has 1 fully saturated rings. The molecule has 1 atom stereocenters. The van der Waals surface area contributed by atoms with E-state index in [9.17, 15) is 9.59 Å². The molecule has 1 saturated heterocycles. The number of nitrogens with zero attached hydrogens (tertiary/aromatic N) is 2. The van der Waals surface area contributed by atoms with Crippen LogP contribution in [0.1, 0.15) is 34.7 Å². The highest BCUT2D eigenvalue weighted by atomic mass is 32.1. The van der Waals surface area contributed by atoms with Crippen LogP contribution in [0, 0.1) is 6.92 Å². The van der Waals surface area contributed by atoms with E-state index in [1.807, 2.05) is 43.3 Å². The van der Waals surface area contributed by atoms with Gasteiger partial charge in [0.25, 0.3) is 5.91 Å². The molecule has 0 saturated carbocycles. The summed E-state index contributed by atoms with van der Waals surface area (Å²) in [6, 6.07) is 11.1. The number of nitrogens with one attached hydrogen (secondary N) is 1. The summed E-state index contributed by atoms with van der Waals surface area (Å²) in [5.41, 5.74) is 7.54. The lowest BCUT2D eigenvalue weighted by atomic mass is 10.1. The number of aryl methyl sites for hydroxylation is 1. The van der Waals surface area contributed by atoms with E-state index in [-0.39, 0.29) is 17.9 Å². The maximum absolute atomic E-state index is 12.6. The standard InChI is InChI=1S/C21H22N4O3S/c1-13-7-8-18(28-13)21-24-16(12-29-21)20(27)23-15-5-2-4-14(10-15)11-25-9-3-6-17(25)19(22)26/h2,4-5,7-8,10,12,17H,3,6,9,11H2,1H3,(H2,22,26)(H,23,27). The van der Waals surface area contributed by atoms with E-state index in [0.29, 0.717) is 28.7 Å². The van der Waals surface area contributed by atoms with Crippen LogP contribution in [0.2, 0.25) is 0 Å². The molecule has 7 nitrogen and oxygen atoms in total. The molecule has 2 aromatic heterocycles. The van der Waals surface area contributed by atoms with Crippen LogP contribution in [0.15, 0.2) is 46.2 Å². The number of benzene rings is 1. The van der Waals surface area contributed by atoms with E-state index in [1.165, 1.54) is 11.3 Å². The summed E-state index contributed by atoms with van der Waals surface area (Å²) in [6.45, 7) is 3.33. The SMILES string of the molecule is Cc1ccc(-c2nc(C(=O)Nc3cccc(CN4CCCC4C(N)=O)c3)cs2)o1. The van der Waals surface area contributed by atoms with Crippen LogP contribution in [-0.4, -0.2) is 34.3 Å². The molecule has 0 radical (unpaired) electrons. The number of anilines is 1. The van der Waals surface area contributed by atoms with Gasteiger partial charge in [-0.05, 0) is 56.1 Å². The molecule has 8 heteroatoms. The summed E-state index contributed by atoms with van der Waals surface area (Å²) >= 11 is 1.37. The van der Waals surface area contributed by atoms with E-state index in [0.717, 1.165) is 30.7 Å². The van der Waals surface area contributed by atoms with Crippen LogP contribution in [0.4, 0.5) is 5.69 Å². The zero-order chi connectivity index (χ0) is 20.4. The second-order valence-electron chi connectivity index (χ2n) is 7.13. The molecule has 3 aromatic rings. The van der Waals surface area contributed by atoms with Gasteiger partial charge in [-0.15, -0.1) is 11.3 Å². The number of thiazole rings is 1. The minimum Gasteiger partial charge on any atom is -0.459 e. The van der Waals surface area contributed by atoms with Crippen LogP contribution < -0.4 is 11.1 Å². The molecular formula is C21H22N4O3S. The van der Waals surface area contributed by atoms with Crippen LogP contribution in [0.3, 0.4) is 0 Å². The number of amides is 2. The highest BCUT2D eigenvalue weighted by Gasteiger charge is 2.28.